The first kappa shape index (κ1) is 11.5. The second-order valence-electron chi connectivity index (χ2n) is 2.78. The van der Waals surface area contributed by atoms with Crippen molar-refractivity contribution < 1.29 is 19.4 Å². The Bertz CT molecular complexity index is 358. The molecule has 0 fully saturated rings. The Morgan fingerprint density at radius 2 is 1.87 bits per heavy atom. The molecule has 4 nitrogen and oxygen atoms in total. The largest absolute Gasteiger partial charge is 0.549 e. The van der Waals surface area contributed by atoms with Gasteiger partial charge in [0.05, 0.1) is 0 Å². The second kappa shape index (κ2) is 5.36. The highest BCUT2D eigenvalue weighted by atomic mass is 35.5. The molecule has 0 aromatic heterocycles. The zero-order valence-electron chi connectivity index (χ0n) is 7.73. The number of carbonyl (C=O) groups is 2. The van der Waals surface area contributed by atoms with Crippen molar-refractivity contribution >= 4 is 23.5 Å². The van der Waals surface area contributed by atoms with E-state index < -0.39 is 6.16 Å². The maximum Gasteiger partial charge on any atom is 0.251 e. The number of carboxylic acid groups (broad SMARTS) is 1. The molecule has 15 heavy (non-hydrogen) atoms. The molecule has 0 radical (unpaired) electrons. The van der Waals surface area contributed by atoms with E-state index in [0.29, 0.717) is 10.6 Å². The first-order valence-corrected chi connectivity index (χ1v) is 4.60. The van der Waals surface area contributed by atoms with Gasteiger partial charge in [-0.1, -0.05) is 11.6 Å². The molecular weight excluding hydrogens is 220 g/mol. The third-order valence-corrected chi connectivity index (χ3v) is 1.97. The van der Waals surface area contributed by atoms with E-state index >= 15 is 0 Å². The molecule has 0 unspecified atom stereocenters. The van der Waals surface area contributed by atoms with Gasteiger partial charge < -0.3 is 14.6 Å². The fraction of sp³-hybridized carbons (Fsp3) is 0.200. The van der Waals surface area contributed by atoms with Crippen molar-refractivity contribution in [3.05, 3.63) is 34.9 Å². The molecule has 0 heterocycles. The zero-order valence-corrected chi connectivity index (χ0v) is 8.49. The Morgan fingerprint density at radius 3 is 2.40 bits per heavy atom. The average molecular weight is 228 g/mol. The molecule has 0 bridgehead atoms. The number of ether oxygens (including phenoxy) is 1. The normalized spacial score (nSPS) is 9.67. The lowest BCUT2D eigenvalue weighted by Gasteiger charge is -2.06. The summed E-state index contributed by atoms with van der Waals surface area (Å²) in [5, 5.41) is 10.4. The average Bonchev–Trinajstić information content (AvgIpc) is 2.18. The first-order chi connectivity index (χ1) is 7.09. The smallest absolute Gasteiger partial charge is 0.251 e. The van der Waals surface area contributed by atoms with Crippen molar-refractivity contribution in [3.63, 3.8) is 0 Å². The number of ketones is 1. The van der Waals surface area contributed by atoms with Crippen LogP contribution < -0.4 is 5.11 Å². The van der Waals surface area contributed by atoms with E-state index in [-0.39, 0.29) is 18.8 Å². The zero-order chi connectivity index (χ0) is 11.3. The van der Waals surface area contributed by atoms with Crippen LogP contribution in [0.4, 0.5) is 4.79 Å². The Balaban J connectivity index is 2.47. The number of Topliss-reactive ketones (excluding diaryl/α,β-unsaturated/α-hetero) is 1. The van der Waals surface area contributed by atoms with Gasteiger partial charge in [-0.3, -0.25) is 4.79 Å². The van der Waals surface area contributed by atoms with Crippen LogP contribution in [0.5, 0.6) is 0 Å². The second-order valence-corrected chi connectivity index (χ2v) is 3.21. The van der Waals surface area contributed by atoms with Crippen LogP contribution in [0.2, 0.25) is 5.02 Å². The summed E-state index contributed by atoms with van der Waals surface area (Å²) in [5.41, 5.74) is 0.473. The predicted octanol–water partition coefficient (Wildman–Crippen LogP) is 1.27. The van der Waals surface area contributed by atoms with Crippen molar-refractivity contribution in [3.8, 4) is 0 Å². The lowest BCUT2D eigenvalue weighted by atomic mass is 10.1. The van der Waals surface area contributed by atoms with E-state index in [1.165, 1.54) is 0 Å². The minimum Gasteiger partial charge on any atom is -0.549 e. The van der Waals surface area contributed by atoms with Crippen LogP contribution in [-0.4, -0.2) is 18.5 Å². The Kier molecular flexibility index (Phi) is 4.12. The standard InChI is InChI=1S/C10H9ClO4/c11-8-3-1-7(2-4-8)9(12)5-6-15-10(13)14/h1-4H,5-6H2,(H,13,14)/p-1. The number of benzene rings is 1. The van der Waals surface area contributed by atoms with Crippen LogP contribution in [0.3, 0.4) is 0 Å². The van der Waals surface area contributed by atoms with Crippen molar-refractivity contribution in [2.75, 3.05) is 6.61 Å². The highest BCUT2D eigenvalue weighted by molar-refractivity contribution is 6.30. The molecule has 1 aromatic rings. The van der Waals surface area contributed by atoms with Crippen LogP contribution >= 0.6 is 11.6 Å². The first-order valence-electron chi connectivity index (χ1n) is 4.22. The summed E-state index contributed by atoms with van der Waals surface area (Å²) >= 11 is 5.64. The molecule has 0 saturated heterocycles. The Hall–Kier alpha value is -1.55. The van der Waals surface area contributed by atoms with Crippen molar-refractivity contribution in [2.45, 2.75) is 6.42 Å². The van der Waals surface area contributed by atoms with Gasteiger partial charge in [0.15, 0.2) is 5.78 Å². The molecule has 0 N–H and O–H groups in total. The van der Waals surface area contributed by atoms with Gasteiger partial charge in [-0.15, -0.1) is 0 Å². The molecule has 80 valence electrons. The van der Waals surface area contributed by atoms with E-state index in [0.717, 1.165) is 0 Å². The topological polar surface area (TPSA) is 66.4 Å². The van der Waals surface area contributed by atoms with Crippen LogP contribution in [-0.2, 0) is 4.74 Å². The van der Waals surface area contributed by atoms with Gasteiger partial charge in [-0.2, -0.15) is 0 Å². The van der Waals surface area contributed by atoms with Crippen LogP contribution in [0.25, 0.3) is 0 Å². The molecular formula is C10H8ClO4-. The van der Waals surface area contributed by atoms with E-state index in [1.807, 2.05) is 0 Å². The van der Waals surface area contributed by atoms with Gasteiger partial charge in [0.1, 0.15) is 0 Å². The lowest BCUT2D eigenvalue weighted by Crippen LogP contribution is -2.24. The molecule has 0 aliphatic carbocycles. The Morgan fingerprint density at radius 1 is 1.27 bits per heavy atom. The van der Waals surface area contributed by atoms with Gasteiger partial charge in [0.2, 0.25) is 0 Å². The van der Waals surface area contributed by atoms with Gasteiger partial charge in [-0.05, 0) is 24.3 Å². The van der Waals surface area contributed by atoms with E-state index in [2.05, 4.69) is 4.74 Å². The summed E-state index contributed by atoms with van der Waals surface area (Å²) in [6.45, 7) is -0.191. The lowest BCUT2D eigenvalue weighted by molar-refractivity contribution is -0.282. The number of halogens is 1. The molecule has 1 aromatic carbocycles. The Labute approximate surface area is 91.4 Å². The monoisotopic (exact) mass is 227 g/mol. The molecule has 0 spiro atoms. The maximum atomic E-state index is 11.4. The number of hydrogen-bond donors (Lipinski definition) is 0. The minimum absolute atomic E-state index is 0.00435. The summed E-state index contributed by atoms with van der Waals surface area (Å²) < 4.78 is 4.12. The van der Waals surface area contributed by atoms with E-state index in [9.17, 15) is 14.7 Å². The van der Waals surface area contributed by atoms with E-state index in [1.54, 1.807) is 24.3 Å². The molecule has 5 heteroatoms. The van der Waals surface area contributed by atoms with Gasteiger partial charge in [-0.25, -0.2) is 0 Å². The predicted molar refractivity (Wildman–Crippen MR) is 51.7 cm³/mol. The molecule has 0 amide bonds. The minimum atomic E-state index is -1.63. The van der Waals surface area contributed by atoms with E-state index in [4.69, 9.17) is 11.6 Å². The van der Waals surface area contributed by atoms with Crippen LogP contribution in [0.1, 0.15) is 16.8 Å². The summed E-state index contributed by atoms with van der Waals surface area (Å²) in [5.74, 6) is -0.201. The van der Waals surface area contributed by atoms with Crippen LogP contribution in [0, 0.1) is 0 Å². The molecule has 0 atom stereocenters. The molecule has 0 aliphatic rings. The molecule has 0 saturated carbocycles. The number of hydrogen-bond acceptors (Lipinski definition) is 4. The van der Waals surface area contributed by atoms with Crippen molar-refractivity contribution in [1.82, 2.24) is 0 Å². The van der Waals surface area contributed by atoms with Gasteiger partial charge in [0.25, 0.3) is 6.16 Å². The maximum absolute atomic E-state index is 11.4. The quantitative estimate of drug-likeness (QED) is 0.574. The summed E-state index contributed by atoms with van der Waals surface area (Å²) in [7, 11) is 0. The van der Waals surface area contributed by atoms with Gasteiger partial charge in [0, 0.05) is 23.6 Å². The summed E-state index contributed by atoms with van der Waals surface area (Å²) in [6, 6.07) is 6.33. The fourth-order valence-corrected chi connectivity index (χ4v) is 1.13. The van der Waals surface area contributed by atoms with Crippen LogP contribution in [0.15, 0.2) is 24.3 Å². The number of rotatable bonds is 4. The fourth-order valence-electron chi connectivity index (χ4n) is 1.01. The number of carbonyl (C=O) groups excluding carboxylic acids is 2. The van der Waals surface area contributed by atoms with Gasteiger partial charge >= 0.3 is 0 Å². The summed E-state index contributed by atoms with van der Waals surface area (Å²) in [6.07, 6.45) is -1.63. The molecule has 1 rings (SSSR count). The summed E-state index contributed by atoms with van der Waals surface area (Å²) in [4.78, 5) is 21.3. The third kappa shape index (κ3) is 3.99. The van der Waals surface area contributed by atoms with Crippen molar-refractivity contribution in [2.24, 2.45) is 0 Å². The van der Waals surface area contributed by atoms with Crippen molar-refractivity contribution in [1.29, 1.82) is 0 Å². The highest BCUT2D eigenvalue weighted by Gasteiger charge is 2.04. The molecule has 0 aliphatic heterocycles. The SMILES string of the molecule is O=C([O-])OCCC(=O)c1ccc(Cl)cc1. The third-order valence-electron chi connectivity index (χ3n) is 1.72. The highest BCUT2D eigenvalue weighted by Crippen LogP contribution is 2.10.